The van der Waals surface area contributed by atoms with E-state index in [2.05, 4.69) is 13.8 Å². The van der Waals surface area contributed by atoms with Crippen molar-refractivity contribution in [2.75, 3.05) is 26.8 Å². The monoisotopic (exact) mass is 319 g/mol. The number of esters is 1. The summed E-state index contributed by atoms with van der Waals surface area (Å²) in [6.07, 6.45) is 1.32. The molecule has 1 aromatic carbocycles. The van der Waals surface area contributed by atoms with E-state index >= 15 is 0 Å². The molecule has 126 valence electrons. The number of benzene rings is 1. The Balaban J connectivity index is 1.90. The summed E-state index contributed by atoms with van der Waals surface area (Å²) in [5.41, 5.74) is 0.651. The molecule has 1 aromatic rings. The van der Waals surface area contributed by atoms with E-state index in [-0.39, 0.29) is 17.8 Å². The van der Waals surface area contributed by atoms with Crippen molar-refractivity contribution in [3.05, 3.63) is 29.8 Å². The maximum absolute atomic E-state index is 12.5. The van der Waals surface area contributed by atoms with Gasteiger partial charge >= 0.3 is 5.97 Å². The smallest absolute Gasteiger partial charge is 0.308 e. The number of carbonyl (C=O) groups is 2. The number of amides is 1. The predicted molar refractivity (Wildman–Crippen MR) is 87.4 cm³/mol. The highest BCUT2D eigenvalue weighted by Gasteiger charge is 2.28. The molecule has 1 amide bonds. The van der Waals surface area contributed by atoms with Crippen molar-refractivity contribution >= 4 is 11.9 Å². The maximum atomic E-state index is 12.5. The van der Waals surface area contributed by atoms with Crippen molar-refractivity contribution in [3.63, 3.8) is 0 Å². The molecule has 1 aliphatic rings. The third kappa shape index (κ3) is 4.71. The number of carbonyl (C=O) groups excluding carboxylic acids is 2. The van der Waals surface area contributed by atoms with Crippen LogP contribution in [-0.4, -0.2) is 43.6 Å². The molecule has 0 bridgehead atoms. The predicted octanol–water partition coefficient (Wildman–Crippen LogP) is 2.75. The lowest BCUT2D eigenvalue weighted by molar-refractivity contribution is -0.146. The van der Waals surface area contributed by atoms with Gasteiger partial charge in [-0.25, -0.2) is 0 Å². The fourth-order valence-corrected chi connectivity index (χ4v) is 2.62. The average molecular weight is 319 g/mol. The summed E-state index contributed by atoms with van der Waals surface area (Å²) in [4.78, 5) is 25.8. The summed E-state index contributed by atoms with van der Waals surface area (Å²) in [7, 11) is 1.41. The van der Waals surface area contributed by atoms with E-state index in [0.717, 1.165) is 5.75 Å². The Labute approximate surface area is 137 Å². The number of nitrogens with zero attached hydrogens (tertiary/aromatic N) is 1. The Kier molecular flexibility index (Phi) is 6.02. The van der Waals surface area contributed by atoms with Gasteiger partial charge in [0.2, 0.25) is 0 Å². The summed E-state index contributed by atoms with van der Waals surface area (Å²) in [5, 5.41) is 0. The minimum Gasteiger partial charge on any atom is -0.493 e. The summed E-state index contributed by atoms with van der Waals surface area (Å²) in [5.74, 6) is 0.982. The minimum absolute atomic E-state index is 0.00345. The van der Waals surface area contributed by atoms with Gasteiger partial charge in [0, 0.05) is 18.7 Å². The van der Waals surface area contributed by atoms with Crippen LogP contribution < -0.4 is 4.74 Å². The number of likely N-dealkylation sites (tertiary alicyclic amines) is 1. The number of hydrogen-bond acceptors (Lipinski definition) is 4. The topological polar surface area (TPSA) is 55.8 Å². The molecule has 0 atom stereocenters. The second kappa shape index (κ2) is 7.99. The zero-order chi connectivity index (χ0) is 16.8. The zero-order valence-corrected chi connectivity index (χ0v) is 14.1. The zero-order valence-electron chi connectivity index (χ0n) is 14.1. The Morgan fingerprint density at radius 2 is 1.78 bits per heavy atom. The fraction of sp³-hybridized carbons (Fsp3) is 0.556. The molecule has 0 spiro atoms. The number of hydrogen-bond donors (Lipinski definition) is 0. The highest BCUT2D eigenvalue weighted by atomic mass is 16.5. The number of piperidine rings is 1. The van der Waals surface area contributed by atoms with E-state index < -0.39 is 0 Å². The standard InChI is InChI=1S/C18H25NO4/c1-13(2)12-23-16-6-4-14(5-7-16)17(20)19-10-8-15(9-11-19)18(21)22-3/h4-7,13,15H,8-12H2,1-3H3. The Hall–Kier alpha value is -2.04. The molecular weight excluding hydrogens is 294 g/mol. The van der Waals surface area contributed by atoms with Gasteiger partial charge in [-0.3, -0.25) is 9.59 Å². The van der Waals surface area contributed by atoms with Crippen LogP contribution in [0.25, 0.3) is 0 Å². The van der Waals surface area contributed by atoms with E-state index in [1.165, 1.54) is 7.11 Å². The lowest BCUT2D eigenvalue weighted by Crippen LogP contribution is -2.40. The first kappa shape index (κ1) is 17.3. The largest absolute Gasteiger partial charge is 0.493 e. The van der Waals surface area contributed by atoms with E-state index in [1.807, 2.05) is 12.1 Å². The fourth-order valence-electron chi connectivity index (χ4n) is 2.62. The molecule has 1 saturated heterocycles. The highest BCUT2D eigenvalue weighted by molar-refractivity contribution is 5.94. The first-order valence-electron chi connectivity index (χ1n) is 8.11. The van der Waals surface area contributed by atoms with Crippen molar-refractivity contribution in [2.24, 2.45) is 11.8 Å². The van der Waals surface area contributed by atoms with E-state index in [1.54, 1.807) is 17.0 Å². The van der Waals surface area contributed by atoms with Crippen LogP contribution in [0.15, 0.2) is 24.3 Å². The molecule has 5 nitrogen and oxygen atoms in total. The van der Waals surface area contributed by atoms with Gasteiger partial charge in [0.1, 0.15) is 5.75 Å². The van der Waals surface area contributed by atoms with E-state index in [4.69, 9.17) is 9.47 Å². The Bertz CT molecular complexity index is 530. The molecule has 0 unspecified atom stereocenters. The second-order valence-corrected chi connectivity index (χ2v) is 6.32. The maximum Gasteiger partial charge on any atom is 0.308 e. The molecule has 0 aromatic heterocycles. The van der Waals surface area contributed by atoms with Gasteiger partial charge in [0.15, 0.2) is 0 Å². The SMILES string of the molecule is COC(=O)C1CCN(C(=O)c2ccc(OCC(C)C)cc2)CC1. The molecule has 0 N–H and O–H groups in total. The van der Waals surface area contributed by atoms with Crippen LogP contribution in [0.1, 0.15) is 37.0 Å². The van der Waals surface area contributed by atoms with Crippen molar-refractivity contribution in [1.29, 1.82) is 0 Å². The summed E-state index contributed by atoms with van der Waals surface area (Å²) < 4.78 is 10.4. The molecule has 0 saturated carbocycles. The number of rotatable bonds is 5. The van der Waals surface area contributed by atoms with Gasteiger partial charge in [-0.1, -0.05) is 13.8 Å². The lowest BCUT2D eigenvalue weighted by Gasteiger charge is -2.30. The first-order valence-corrected chi connectivity index (χ1v) is 8.11. The number of ether oxygens (including phenoxy) is 2. The van der Waals surface area contributed by atoms with Gasteiger partial charge in [0.05, 0.1) is 19.6 Å². The number of methoxy groups -OCH3 is 1. The average Bonchev–Trinajstić information content (AvgIpc) is 2.59. The Morgan fingerprint density at radius 1 is 1.17 bits per heavy atom. The van der Waals surface area contributed by atoms with Crippen molar-refractivity contribution in [2.45, 2.75) is 26.7 Å². The molecule has 0 radical (unpaired) electrons. The summed E-state index contributed by atoms with van der Waals surface area (Å²) in [6, 6.07) is 7.25. The van der Waals surface area contributed by atoms with Crippen LogP contribution >= 0.6 is 0 Å². The van der Waals surface area contributed by atoms with E-state index in [0.29, 0.717) is 44.0 Å². The van der Waals surface area contributed by atoms with Crippen LogP contribution in [-0.2, 0) is 9.53 Å². The van der Waals surface area contributed by atoms with Gasteiger partial charge in [0.25, 0.3) is 5.91 Å². The third-order valence-electron chi connectivity index (χ3n) is 4.00. The van der Waals surface area contributed by atoms with Crippen LogP contribution in [0.2, 0.25) is 0 Å². The molecular formula is C18H25NO4. The highest BCUT2D eigenvalue weighted by Crippen LogP contribution is 2.21. The normalized spacial score (nSPS) is 15.6. The molecule has 1 fully saturated rings. The van der Waals surface area contributed by atoms with Crippen molar-refractivity contribution in [3.8, 4) is 5.75 Å². The van der Waals surface area contributed by atoms with Crippen LogP contribution in [0.4, 0.5) is 0 Å². The van der Waals surface area contributed by atoms with Crippen LogP contribution in [0, 0.1) is 11.8 Å². The van der Waals surface area contributed by atoms with Gasteiger partial charge in [-0.15, -0.1) is 0 Å². The molecule has 0 aliphatic carbocycles. The van der Waals surface area contributed by atoms with Crippen molar-refractivity contribution in [1.82, 2.24) is 4.90 Å². The van der Waals surface area contributed by atoms with Crippen molar-refractivity contribution < 1.29 is 19.1 Å². The minimum atomic E-state index is -0.177. The lowest BCUT2D eigenvalue weighted by atomic mass is 9.96. The van der Waals surface area contributed by atoms with Gasteiger partial charge < -0.3 is 14.4 Å². The Morgan fingerprint density at radius 3 is 2.30 bits per heavy atom. The second-order valence-electron chi connectivity index (χ2n) is 6.32. The molecule has 23 heavy (non-hydrogen) atoms. The molecule has 2 rings (SSSR count). The first-order chi connectivity index (χ1) is 11.0. The summed E-state index contributed by atoms with van der Waals surface area (Å²) >= 11 is 0. The van der Waals surface area contributed by atoms with Crippen LogP contribution in [0.5, 0.6) is 5.75 Å². The van der Waals surface area contributed by atoms with E-state index in [9.17, 15) is 9.59 Å². The summed E-state index contributed by atoms with van der Waals surface area (Å²) in [6.45, 7) is 6.02. The molecule has 1 heterocycles. The van der Waals surface area contributed by atoms with Crippen LogP contribution in [0.3, 0.4) is 0 Å². The van der Waals surface area contributed by atoms with Gasteiger partial charge in [-0.05, 0) is 43.0 Å². The third-order valence-corrected chi connectivity index (χ3v) is 4.00. The quantitative estimate of drug-likeness (QED) is 0.783. The molecule has 1 aliphatic heterocycles. The van der Waals surface area contributed by atoms with Gasteiger partial charge in [-0.2, -0.15) is 0 Å². The molecule has 5 heteroatoms.